The van der Waals surface area contributed by atoms with Crippen molar-refractivity contribution < 1.29 is 13.2 Å². The zero-order valence-corrected chi connectivity index (χ0v) is 18.0. The second-order valence-electron chi connectivity index (χ2n) is 7.13. The molecule has 0 bridgehead atoms. The lowest BCUT2D eigenvalue weighted by Crippen LogP contribution is -2.36. The van der Waals surface area contributed by atoms with E-state index in [4.69, 9.17) is 0 Å². The number of carbonyl (C=O) groups is 1. The van der Waals surface area contributed by atoms with Gasteiger partial charge < -0.3 is 5.32 Å². The number of hydrogen-bond donors (Lipinski definition) is 1. The summed E-state index contributed by atoms with van der Waals surface area (Å²) < 4.78 is 25.1. The van der Waals surface area contributed by atoms with Crippen molar-refractivity contribution in [1.82, 2.24) is 25.1 Å². The Morgan fingerprint density at radius 3 is 2.77 bits per heavy atom. The van der Waals surface area contributed by atoms with Crippen LogP contribution in [-0.2, 0) is 14.6 Å². The van der Waals surface area contributed by atoms with Crippen molar-refractivity contribution in [1.29, 1.82) is 0 Å². The summed E-state index contributed by atoms with van der Waals surface area (Å²) in [5, 5.41) is 12.0. The number of aryl methyl sites for hydroxylation is 1. The third-order valence-electron chi connectivity index (χ3n) is 4.84. The smallest absolute Gasteiger partial charge is 0.230 e. The number of rotatable bonds is 6. The molecule has 30 heavy (non-hydrogen) atoms. The second kappa shape index (κ2) is 8.57. The SMILES string of the molecule is Cc1ccccc1-n1c(SCC(=O)N[C@@H]2CCS(=O)(=O)C2)nnc1-c1cccnc1. The van der Waals surface area contributed by atoms with Gasteiger partial charge in [-0.3, -0.25) is 14.3 Å². The molecule has 2 aromatic heterocycles. The van der Waals surface area contributed by atoms with Crippen LogP contribution < -0.4 is 5.32 Å². The molecule has 156 valence electrons. The van der Waals surface area contributed by atoms with Crippen molar-refractivity contribution in [3.63, 3.8) is 0 Å². The van der Waals surface area contributed by atoms with Crippen LogP contribution >= 0.6 is 11.8 Å². The van der Waals surface area contributed by atoms with Crippen LogP contribution in [0.4, 0.5) is 0 Å². The van der Waals surface area contributed by atoms with Gasteiger partial charge in [0.15, 0.2) is 20.8 Å². The molecule has 1 N–H and O–H groups in total. The molecule has 1 aliphatic heterocycles. The van der Waals surface area contributed by atoms with Gasteiger partial charge in [0.1, 0.15) is 0 Å². The van der Waals surface area contributed by atoms with Crippen LogP contribution in [0, 0.1) is 6.92 Å². The molecular formula is C20H21N5O3S2. The van der Waals surface area contributed by atoms with Crippen LogP contribution in [0.25, 0.3) is 17.1 Å². The zero-order valence-electron chi connectivity index (χ0n) is 16.4. The van der Waals surface area contributed by atoms with E-state index >= 15 is 0 Å². The van der Waals surface area contributed by atoms with Gasteiger partial charge in [0, 0.05) is 24.0 Å². The number of thioether (sulfide) groups is 1. The maximum absolute atomic E-state index is 12.4. The van der Waals surface area contributed by atoms with Crippen LogP contribution in [0.2, 0.25) is 0 Å². The number of nitrogens with one attached hydrogen (secondary N) is 1. The first kappa shape index (κ1) is 20.5. The first-order valence-corrected chi connectivity index (χ1v) is 12.3. The van der Waals surface area contributed by atoms with E-state index in [0.717, 1.165) is 16.8 Å². The maximum atomic E-state index is 12.4. The van der Waals surface area contributed by atoms with Gasteiger partial charge >= 0.3 is 0 Å². The van der Waals surface area contributed by atoms with Gasteiger partial charge in [0.25, 0.3) is 0 Å². The Morgan fingerprint density at radius 2 is 2.07 bits per heavy atom. The first-order chi connectivity index (χ1) is 14.4. The lowest BCUT2D eigenvalue weighted by Gasteiger charge is -2.13. The molecule has 1 aliphatic rings. The van der Waals surface area contributed by atoms with Gasteiger partial charge in [-0.25, -0.2) is 8.42 Å². The van der Waals surface area contributed by atoms with Crippen molar-refractivity contribution >= 4 is 27.5 Å². The molecule has 1 aromatic carbocycles. The minimum absolute atomic E-state index is 0.00789. The number of amides is 1. The summed E-state index contributed by atoms with van der Waals surface area (Å²) >= 11 is 1.26. The van der Waals surface area contributed by atoms with Crippen LogP contribution in [0.1, 0.15) is 12.0 Å². The van der Waals surface area contributed by atoms with Gasteiger partial charge in [0.05, 0.1) is 22.9 Å². The molecule has 1 fully saturated rings. The molecule has 3 heterocycles. The lowest BCUT2D eigenvalue weighted by molar-refractivity contribution is -0.119. The van der Waals surface area contributed by atoms with Gasteiger partial charge in [0.2, 0.25) is 5.91 Å². The fourth-order valence-electron chi connectivity index (χ4n) is 3.39. The monoisotopic (exact) mass is 443 g/mol. The third-order valence-corrected chi connectivity index (χ3v) is 7.54. The van der Waals surface area contributed by atoms with Gasteiger partial charge in [-0.2, -0.15) is 0 Å². The maximum Gasteiger partial charge on any atom is 0.230 e. The Balaban J connectivity index is 1.57. The minimum Gasteiger partial charge on any atom is -0.352 e. The van der Waals surface area contributed by atoms with Crippen molar-refractivity contribution in [3.05, 3.63) is 54.4 Å². The molecule has 0 aliphatic carbocycles. The Labute approximate surface area is 179 Å². The van der Waals surface area contributed by atoms with Crippen molar-refractivity contribution in [2.75, 3.05) is 17.3 Å². The highest BCUT2D eigenvalue weighted by atomic mass is 32.2. The summed E-state index contributed by atoms with van der Waals surface area (Å²) in [6.45, 7) is 2.00. The number of pyridine rings is 1. The quantitative estimate of drug-likeness (QED) is 0.581. The molecule has 1 amide bonds. The van der Waals surface area contributed by atoms with Crippen molar-refractivity contribution in [2.24, 2.45) is 0 Å². The Bertz CT molecular complexity index is 1160. The molecule has 1 atom stereocenters. The highest BCUT2D eigenvalue weighted by molar-refractivity contribution is 7.99. The largest absolute Gasteiger partial charge is 0.352 e. The van der Waals surface area contributed by atoms with E-state index in [2.05, 4.69) is 20.5 Å². The number of aromatic nitrogens is 4. The highest BCUT2D eigenvalue weighted by Gasteiger charge is 2.29. The fourth-order valence-corrected chi connectivity index (χ4v) is 5.81. The van der Waals surface area contributed by atoms with Crippen LogP contribution in [0.3, 0.4) is 0 Å². The summed E-state index contributed by atoms with van der Waals surface area (Å²) in [5.74, 6) is 0.675. The van der Waals surface area contributed by atoms with Gasteiger partial charge in [-0.1, -0.05) is 30.0 Å². The summed E-state index contributed by atoms with van der Waals surface area (Å²) in [5.41, 5.74) is 2.79. The number of nitrogens with zero attached hydrogens (tertiary/aromatic N) is 4. The predicted octanol–water partition coefficient (Wildman–Crippen LogP) is 2.03. The summed E-state index contributed by atoms with van der Waals surface area (Å²) in [4.78, 5) is 16.6. The standard InChI is InChI=1S/C20H21N5O3S2/c1-14-5-2-3-7-17(14)25-19(15-6-4-9-21-11-15)23-24-20(25)29-12-18(26)22-16-8-10-30(27,28)13-16/h2-7,9,11,16H,8,10,12-13H2,1H3,(H,22,26)/t16-/m1/s1. The van der Waals surface area contributed by atoms with Crippen LogP contribution in [0.15, 0.2) is 53.9 Å². The van der Waals surface area contributed by atoms with E-state index in [1.165, 1.54) is 11.8 Å². The van der Waals surface area contributed by atoms with E-state index in [9.17, 15) is 13.2 Å². The molecular weight excluding hydrogens is 422 g/mol. The molecule has 0 spiro atoms. The Hall–Kier alpha value is -2.72. The summed E-state index contributed by atoms with van der Waals surface area (Å²) in [6.07, 6.45) is 3.88. The lowest BCUT2D eigenvalue weighted by atomic mass is 10.2. The zero-order chi connectivity index (χ0) is 21.1. The number of benzene rings is 1. The number of sulfone groups is 1. The van der Waals surface area contributed by atoms with E-state index in [-0.39, 0.29) is 29.2 Å². The first-order valence-electron chi connectivity index (χ1n) is 9.47. The van der Waals surface area contributed by atoms with E-state index < -0.39 is 9.84 Å². The second-order valence-corrected chi connectivity index (χ2v) is 10.3. The summed E-state index contributed by atoms with van der Waals surface area (Å²) in [7, 11) is -3.04. The fraction of sp³-hybridized carbons (Fsp3) is 0.300. The average Bonchev–Trinajstić information content (AvgIpc) is 3.30. The molecule has 4 rings (SSSR count). The molecule has 1 saturated heterocycles. The topological polar surface area (TPSA) is 107 Å². The molecule has 0 unspecified atom stereocenters. The number of para-hydroxylation sites is 1. The van der Waals surface area contributed by atoms with E-state index in [1.807, 2.05) is 47.9 Å². The van der Waals surface area contributed by atoms with Crippen molar-refractivity contribution in [2.45, 2.75) is 24.5 Å². The Morgan fingerprint density at radius 1 is 1.23 bits per heavy atom. The molecule has 3 aromatic rings. The minimum atomic E-state index is -3.04. The normalized spacial score (nSPS) is 17.7. The number of hydrogen-bond acceptors (Lipinski definition) is 7. The highest BCUT2D eigenvalue weighted by Crippen LogP contribution is 2.29. The summed E-state index contributed by atoms with van der Waals surface area (Å²) in [6, 6.07) is 11.3. The van der Waals surface area contributed by atoms with E-state index in [1.54, 1.807) is 12.4 Å². The van der Waals surface area contributed by atoms with Crippen molar-refractivity contribution in [3.8, 4) is 17.1 Å². The average molecular weight is 444 g/mol. The van der Waals surface area contributed by atoms with Gasteiger partial charge in [-0.05, 0) is 37.1 Å². The third kappa shape index (κ3) is 4.54. The molecule has 8 nitrogen and oxygen atoms in total. The van der Waals surface area contributed by atoms with Crippen LogP contribution in [-0.4, -0.2) is 57.4 Å². The molecule has 0 radical (unpaired) electrons. The van der Waals surface area contributed by atoms with Gasteiger partial charge in [-0.15, -0.1) is 10.2 Å². The molecule has 0 saturated carbocycles. The van der Waals surface area contributed by atoms with E-state index in [0.29, 0.717) is 17.4 Å². The predicted molar refractivity (Wildman–Crippen MR) is 115 cm³/mol. The Kier molecular flexibility index (Phi) is 5.87. The van der Waals surface area contributed by atoms with Crippen LogP contribution in [0.5, 0.6) is 0 Å². The number of carbonyl (C=O) groups excluding carboxylic acids is 1. The molecule has 10 heteroatoms.